The van der Waals surface area contributed by atoms with Crippen LogP contribution in [0.4, 0.5) is 4.39 Å². The van der Waals surface area contributed by atoms with Crippen LogP contribution in [0.3, 0.4) is 0 Å². The van der Waals surface area contributed by atoms with Crippen molar-refractivity contribution >= 4 is 20.9 Å². The summed E-state index contributed by atoms with van der Waals surface area (Å²) in [4.78, 5) is 18.1. The highest BCUT2D eigenvalue weighted by molar-refractivity contribution is 7.94. The van der Waals surface area contributed by atoms with E-state index in [2.05, 4.69) is 9.97 Å². The van der Waals surface area contributed by atoms with E-state index in [0.29, 0.717) is 11.0 Å². The van der Waals surface area contributed by atoms with Gasteiger partial charge in [0.2, 0.25) is 0 Å². The van der Waals surface area contributed by atoms with Crippen molar-refractivity contribution in [2.45, 2.75) is 12.5 Å². The van der Waals surface area contributed by atoms with Gasteiger partial charge in [0.1, 0.15) is 11.5 Å². The van der Waals surface area contributed by atoms with Crippen LogP contribution < -0.4 is 5.56 Å². The van der Waals surface area contributed by atoms with Gasteiger partial charge in [-0.3, -0.25) is 4.79 Å². The summed E-state index contributed by atoms with van der Waals surface area (Å²) in [6, 6.07) is 0.867. The fraction of sp³-hybridized carbons (Fsp3) is 0.231. The van der Waals surface area contributed by atoms with Crippen molar-refractivity contribution in [2.24, 2.45) is 0 Å². The van der Waals surface area contributed by atoms with Crippen LogP contribution in [0.25, 0.3) is 11.0 Å². The molecular weight excluding hydrogens is 297 g/mol. The summed E-state index contributed by atoms with van der Waals surface area (Å²) in [5, 5.41) is 0.364. The highest BCUT2D eigenvalue weighted by Crippen LogP contribution is 2.32. The van der Waals surface area contributed by atoms with Gasteiger partial charge in [-0.25, -0.2) is 17.8 Å². The molecule has 0 aromatic carbocycles. The number of aromatic nitrogens is 3. The van der Waals surface area contributed by atoms with Crippen molar-refractivity contribution in [3.8, 4) is 0 Å². The number of rotatable bonds is 2. The monoisotopic (exact) mass is 309 g/mol. The Balaban J connectivity index is 2.07. The Hall–Kier alpha value is -2.22. The molecule has 3 rings (SSSR count). The molecule has 0 amide bonds. The number of hydrogen-bond acceptors (Lipinski definition) is 4. The second-order valence-electron chi connectivity index (χ2n) is 4.85. The predicted octanol–water partition coefficient (Wildman–Crippen LogP) is 1.45. The largest absolute Gasteiger partial charge is 0.322 e. The van der Waals surface area contributed by atoms with Crippen molar-refractivity contribution in [2.75, 3.05) is 6.26 Å². The number of halogens is 1. The molecule has 0 aliphatic heterocycles. The van der Waals surface area contributed by atoms with Gasteiger partial charge < -0.3 is 9.55 Å². The Morgan fingerprint density at radius 3 is 2.90 bits per heavy atom. The molecule has 8 heteroatoms. The molecular formula is C13H12FN3O3S. The van der Waals surface area contributed by atoms with Crippen LogP contribution in [-0.2, 0) is 9.84 Å². The molecule has 2 aromatic heterocycles. The first-order valence-corrected chi connectivity index (χ1v) is 8.08. The lowest BCUT2D eigenvalue weighted by atomic mass is 10.1. The van der Waals surface area contributed by atoms with Gasteiger partial charge in [0.15, 0.2) is 9.84 Å². The summed E-state index contributed by atoms with van der Waals surface area (Å²) in [7, 11) is -3.44. The lowest BCUT2D eigenvalue weighted by Crippen LogP contribution is -2.15. The Labute approximate surface area is 119 Å². The molecule has 2 heterocycles. The quantitative estimate of drug-likeness (QED) is 0.910. The molecule has 0 fully saturated rings. The van der Waals surface area contributed by atoms with Gasteiger partial charge in [0.25, 0.3) is 5.56 Å². The van der Waals surface area contributed by atoms with Crippen LogP contribution in [-0.4, -0.2) is 29.2 Å². The fourth-order valence-corrected chi connectivity index (χ4v) is 3.10. The SMILES string of the molecule is CS(=O)(=O)C1=CCC(n2ccc3c(=O)[nH]cnc32)C(F)=C1. The van der Waals surface area contributed by atoms with Crippen LogP contribution in [0, 0.1) is 0 Å². The Morgan fingerprint density at radius 1 is 1.48 bits per heavy atom. The van der Waals surface area contributed by atoms with E-state index in [1.807, 2.05) is 0 Å². The minimum Gasteiger partial charge on any atom is -0.322 e. The van der Waals surface area contributed by atoms with Gasteiger partial charge in [-0.05, 0) is 18.6 Å². The number of nitrogens with one attached hydrogen (secondary N) is 1. The molecule has 0 spiro atoms. The maximum Gasteiger partial charge on any atom is 0.260 e. The summed E-state index contributed by atoms with van der Waals surface area (Å²) >= 11 is 0. The number of fused-ring (bicyclic) bond motifs is 1. The van der Waals surface area contributed by atoms with E-state index in [-0.39, 0.29) is 16.9 Å². The maximum atomic E-state index is 14.2. The van der Waals surface area contributed by atoms with Crippen molar-refractivity contribution in [3.63, 3.8) is 0 Å². The first-order chi connectivity index (χ1) is 9.88. The molecule has 1 atom stereocenters. The molecule has 1 aliphatic rings. The van der Waals surface area contributed by atoms with E-state index in [9.17, 15) is 17.6 Å². The number of nitrogens with zero attached hydrogens (tertiary/aromatic N) is 2. The highest BCUT2D eigenvalue weighted by atomic mass is 32.2. The summed E-state index contributed by atoms with van der Waals surface area (Å²) in [6.45, 7) is 0. The molecule has 0 radical (unpaired) electrons. The lowest BCUT2D eigenvalue weighted by molar-refractivity contribution is 0.456. The van der Waals surface area contributed by atoms with Crippen LogP contribution in [0.1, 0.15) is 12.5 Å². The smallest absolute Gasteiger partial charge is 0.260 e. The maximum absolute atomic E-state index is 14.2. The van der Waals surface area contributed by atoms with E-state index < -0.39 is 21.7 Å². The first kappa shape index (κ1) is 13.7. The topological polar surface area (TPSA) is 84.8 Å². The first-order valence-electron chi connectivity index (χ1n) is 6.19. The summed E-state index contributed by atoms with van der Waals surface area (Å²) in [5.74, 6) is -0.572. The Bertz CT molecular complexity index is 937. The van der Waals surface area contributed by atoms with Crippen molar-refractivity contribution in [1.82, 2.24) is 14.5 Å². The fourth-order valence-electron chi connectivity index (χ4n) is 2.37. The van der Waals surface area contributed by atoms with E-state index in [0.717, 1.165) is 12.3 Å². The zero-order valence-corrected chi connectivity index (χ0v) is 11.9. The highest BCUT2D eigenvalue weighted by Gasteiger charge is 2.25. The van der Waals surface area contributed by atoms with Gasteiger partial charge in [0, 0.05) is 12.5 Å². The van der Waals surface area contributed by atoms with Gasteiger partial charge in [0.05, 0.1) is 22.7 Å². The molecule has 0 bridgehead atoms. The second kappa shape index (κ2) is 4.66. The zero-order valence-electron chi connectivity index (χ0n) is 11.1. The minimum atomic E-state index is -3.44. The zero-order chi connectivity index (χ0) is 15.2. The molecule has 0 saturated carbocycles. The number of H-pyrrole nitrogens is 1. The molecule has 2 aromatic rings. The Morgan fingerprint density at radius 2 is 2.24 bits per heavy atom. The van der Waals surface area contributed by atoms with Crippen molar-refractivity contribution in [3.05, 3.63) is 51.8 Å². The summed E-state index contributed by atoms with van der Waals surface area (Å²) < 4.78 is 38.7. The van der Waals surface area contributed by atoms with Crippen LogP contribution in [0.15, 0.2) is 46.3 Å². The molecule has 1 N–H and O–H groups in total. The summed E-state index contributed by atoms with van der Waals surface area (Å²) in [6.07, 6.45) is 6.54. The summed E-state index contributed by atoms with van der Waals surface area (Å²) in [5.41, 5.74) is 0.0646. The molecule has 110 valence electrons. The van der Waals surface area contributed by atoms with Crippen LogP contribution >= 0.6 is 0 Å². The number of sulfone groups is 1. The third kappa shape index (κ3) is 2.31. The van der Waals surface area contributed by atoms with Gasteiger partial charge in [-0.2, -0.15) is 0 Å². The second-order valence-corrected chi connectivity index (χ2v) is 6.87. The van der Waals surface area contributed by atoms with Gasteiger partial charge >= 0.3 is 0 Å². The molecule has 1 unspecified atom stereocenters. The molecule has 6 nitrogen and oxygen atoms in total. The van der Waals surface area contributed by atoms with Crippen molar-refractivity contribution < 1.29 is 12.8 Å². The lowest BCUT2D eigenvalue weighted by Gasteiger charge is -2.20. The van der Waals surface area contributed by atoms with Gasteiger partial charge in [-0.15, -0.1) is 0 Å². The number of aromatic amines is 1. The average Bonchev–Trinajstić information content (AvgIpc) is 2.83. The average molecular weight is 309 g/mol. The van der Waals surface area contributed by atoms with Crippen molar-refractivity contribution in [1.29, 1.82) is 0 Å². The van der Waals surface area contributed by atoms with Crippen LogP contribution in [0.5, 0.6) is 0 Å². The number of allylic oxidation sites excluding steroid dienone is 3. The Kier molecular flexibility index (Phi) is 3.05. The van der Waals surface area contributed by atoms with E-state index in [1.54, 1.807) is 12.3 Å². The van der Waals surface area contributed by atoms with Crippen LogP contribution in [0.2, 0.25) is 0 Å². The molecule has 1 aliphatic carbocycles. The number of hydrogen-bond donors (Lipinski definition) is 1. The normalized spacial score (nSPS) is 19.4. The molecule has 0 saturated heterocycles. The standard InChI is InChI=1S/C13H12FN3O3S/c1-21(19,20)8-2-3-11(10(14)6-8)17-5-4-9-12(17)15-7-16-13(9)18/h2,4-7,11H,3H2,1H3,(H,15,16,18). The predicted molar refractivity (Wildman–Crippen MR) is 76.1 cm³/mol. The van der Waals surface area contributed by atoms with E-state index >= 15 is 0 Å². The van der Waals surface area contributed by atoms with E-state index in [1.165, 1.54) is 17.0 Å². The third-order valence-electron chi connectivity index (χ3n) is 3.42. The van der Waals surface area contributed by atoms with E-state index in [4.69, 9.17) is 0 Å². The van der Waals surface area contributed by atoms with Gasteiger partial charge in [-0.1, -0.05) is 6.08 Å². The molecule has 21 heavy (non-hydrogen) atoms. The minimum absolute atomic E-state index is 0.0291. The third-order valence-corrected chi connectivity index (χ3v) is 4.56.